The molecule has 2 rings (SSSR count). The Labute approximate surface area is 96.5 Å². The van der Waals surface area contributed by atoms with Crippen LogP contribution in [0.15, 0.2) is 18.2 Å². The zero-order chi connectivity index (χ0) is 11.5. The van der Waals surface area contributed by atoms with Gasteiger partial charge in [-0.15, -0.1) is 0 Å². The maximum atomic E-state index is 13.0. The van der Waals surface area contributed by atoms with Crippen molar-refractivity contribution in [1.82, 2.24) is 5.32 Å². The Hall–Kier alpha value is -1.09. The molecule has 1 heterocycles. The molecule has 1 aromatic rings. The minimum absolute atomic E-state index is 0.151. The van der Waals surface area contributed by atoms with Gasteiger partial charge in [-0.25, -0.2) is 4.39 Å². The molecule has 0 aromatic heterocycles. The molecule has 1 atom stereocenters. The third kappa shape index (κ3) is 2.53. The molecule has 1 aromatic carbocycles. The molecule has 1 fully saturated rings. The molecule has 1 aliphatic heterocycles. The van der Waals surface area contributed by atoms with Gasteiger partial charge in [0.2, 0.25) is 0 Å². The average molecular weight is 222 g/mol. The van der Waals surface area contributed by atoms with Crippen molar-refractivity contribution in [1.29, 1.82) is 0 Å². The normalized spacial score (nSPS) is 21.9. The highest BCUT2D eigenvalue weighted by molar-refractivity contribution is 5.53. The van der Waals surface area contributed by atoms with Crippen molar-refractivity contribution in [2.24, 2.45) is 0 Å². The van der Waals surface area contributed by atoms with Crippen molar-refractivity contribution in [3.05, 3.63) is 29.6 Å². The molecule has 1 aliphatic rings. The molecule has 0 amide bonds. The van der Waals surface area contributed by atoms with E-state index in [1.807, 2.05) is 13.0 Å². The molecule has 0 saturated carbocycles. The standard InChI is InChI=1S/C13H19FN2/c1-10-8-12(14)4-5-13(10)16-7-3-6-15-11(2)9-16/h4-5,8,11,15H,3,6-7,9H2,1-2H3. The van der Waals surface area contributed by atoms with E-state index in [0.717, 1.165) is 37.3 Å². The zero-order valence-electron chi connectivity index (χ0n) is 9.96. The highest BCUT2D eigenvalue weighted by atomic mass is 19.1. The number of halogens is 1. The van der Waals surface area contributed by atoms with E-state index >= 15 is 0 Å². The summed E-state index contributed by atoms with van der Waals surface area (Å²) in [6.07, 6.45) is 1.14. The lowest BCUT2D eigenvalue weighted by atomic mass is 10.1. The summed E-state index contributed by atoms with van der Waals surface area (Å²) in [5.41, 5.74) is 2.19. The van der Waals surface area contributed by atoms with Crippen LogP contribution in [0.2, 0.25) is 0 Å². The van der Waals surface area contributed by atoms with E-state index in [2.05, 4.69) is 17.1 Å². The maximum Gasteiger partial charge on any atom is 0.123 e. The molecule has 1 saturated heterocycles. The average Bonchev–Trinajstić information content (AvgIpc) is 2.43. The fraction of sp³-hybridized carbons (Fsp3) is 0.538. The predicted octanol–water partition coefficient (Wildman–Crippen LogP) is 2.32. The predicted molar refractivity (Wildman–Crippen MR) is 65.4 cm³/mol. The van der Waals surface area contributed by atoms with E-state index in [9.17, 15) is 4.39 Å². The summed E-state index contributed by atoms with van der Waals surface area (Å²) < 4.78 is 13.0. The van der Waals surface area contributed by atoms with Crippen molar-refractivity contribution in [2.75, 3.05) is 24.5 Å². The molecule has 16 heavy (non-hydrogen) atoms. The van der Waals surface area contributed by atoms with E-state index in [-0.39, 0.29) is 5.82 Å². The summed E-state index contributed by atoms with van der Waals surface area (Å²) in [6.45, 7) is 7.27. The molecule has 88 valence electrons. The van der Waals surface area contributed by atoms with Gasteiger partial charge >= 0.3 is 0 Å². The Bertz CT molecular complexity index is 365. The number of aryl methyl sites for hydroxylation is 1. The largest absolute Gasteiger partial charge is 0.370 e. The molecule has 0 aliphatic carbocycles. The first-order valence-corrected chi connectivity index (χ1v) is 5.91. The van der Waals surface area contributed by atoms with Gasteiger partial charge in [0.15, 0.2) is 0 Å². The van der Waals surface area contributed by atoms with Gasteiger partial charge in [-0.05, 0) is 50.6 Å². The third-order valence-electron chi connectivity index (χ3n) is 3.09. The van der Waals surface area contributed by atoms with Gasteiger partial charge in [-0.1, -0.05) is 0 Å². The fourth-order valence-electron chi connectivity index (χ4n) is 2.30. The second kappa shape index (κ2) is 4.83. The highest BCUT2D eigenvalue weighted by Crippen LogP contribution is 2.22. The SMILES string of the molecule is Cc1cc(F)ccc1N1CCCNC(C)C1. The monoisotopic (exact) mass is 222 g/mol. The van der Waals surface area contributed by atoms with Gasteiger partial charge in [0.1, 0.15) is 5.82 Å². The molecule has 3 heteroatoms. The van der Waals surface area contributed by atoms with Gasteiger partial charge in [0, 0.05) is 24.8 Å². The quantitative estimate of drug-likeness (QED) is 0.784. The second-order valence-corrected chi connectivity index (χ2v) is 4.59. The van der Waals surface area contributed by atoms with Crippen LogP contribution in [-0.4, -0.2) is 25.7 Å². The Morgan fingerprint density at radius 1 is 1.44 bits per heavy atom. The van der Waals surface area contributed by atoms with Crippen LogP contribution in [0.4, 0.5) is 10.1 Å². The van der Waals surface area contributed by atoms with Gasteiger partial charge in [0.05, 0.1) is 0 Å². The first-order valence-electron chi connectivity index (χ1n) is 5.91. The van der Waals surface area contributed by atoms with E-state index in [0.29, 0.717) is 6.04 Å². The lowest BCUT2D eigenvalue weighted by Crippen LogP contribution is -2.35. The smallest absolute Gasteiger partial charge is 0.123 e. The minimum Gasteiger partial charge on any atom is -0.370 e. The van der Waals surface area contributed by atoms with Crippen LogP contribution in [0.25, 0.3) is 0 Å². The highest BCUT2D eigenvalue weighted by Gasteiger charge is 2.15. The van der Waals surface area contributed by atoms with Crippen LogP contribution < -0.4 is 10.2 Å². The van der Waals surface area contributed by atoms with E-state index < -0.39 is 0 Å². The molecule has 2 nitrogen and oxygen atoms in total. The summed E-state index contributed by atoms with van der Waals surface area (Å²) in [5, 5.41) is 3.46. The number of hydrogen-bond donors (Lipinski definition) is 1. The number of anilines is 1. The van der Waals surface area contributed by atoms with Crippen molar-refractivity contribution in [3.63, 3.8) is 0 Å². The van der Waals surface area contributed by atoms with Gasteiger partial charge in [-0.2, -0.15) is 0 Å². The van der Waals surface area contributed by atoms with Gasteiger partial charge in [-0.3, -0.25) is 0 Å². The molecule has 0 radical (unpaired) electrons. The number of benzene rings is 1. The van der Waals surface area contributed by atoms with Crippen LogP contribution in [0, 0.1) is 12.7 Å². The lowest BCUT2D eigenvalue weighted by molar-refractivity contribution is 0.584. The summed E-state index contributed by atoms with van der Waals surface area (Å²) in [6, 6.07) is 5.54. The first kappa shape index (κ1) is 11.4. The summed E-state index contributed by atoms with van der Waals surface area (Å²) in [5.74, 6) is -0.151. The maximum absolute atomic E-state index is 13.0. The molecule has 1 N–H and O–H groups in total. The zero-order valence-corrected chi connectivity index (χ0v) is 9.96. The Balaban J connectivity index is 2.21. The van der Waals surface area contributed by atoms with Crippen molar-refractivity contribution < 1.29 is 4.39 Å². The lowest BCUT2D eigenvalue weighted by Gasteiger charge is -2.26. The number of rotatable bonds is 1. The number of nitrogens with zero attached hydrogens (tertiary/aromatic N) is 1. The third-order valence-corrected chi connectivity index (χ3v) is 3.09. The van der Waals surface area contributed by atoms with E-state index in [1.165, 1.54) is 0 Å². The van der Waals surface area contributed by atoms with E-state index in [4.69, 9.17) is 0 Å². The molecule has 0 spiro atoms. The van der Waals surface area contributed by atoms with E-state index in [1.54, 1.807) is 12.1 Å². The summed E-state index contributed by atoms with van der Waals surface area (Å²) in [7, 11) is 0. The van der Waals surface area contributed by atoms with Gasteiger partial charge in [0.25, 0.3) is 0 Å². The summed E-state index contributed by atoms with van der Waals surface area (Å²) >= 11 is 0. The molecular weight excluding hydrogens is 203 g/mol. The van der Waals surface area contributed by atoms with Crippen LogP contribution in [0.3, 0.4) is 0 Å². The van der Waals surface area contributed by atoms with Crippen molar-refractivity contribution >= 4 is 5.69 Å². The van der Waals surface area contributed by atoms with Crippen LogP contribution in [0.1, 0.15) is 18.9 Å². The van der Waals surface area contributed by atoms with Crippen molar-refractivity contribution in [3.8, 4) is 0 Å². The van der Waals surface area contributed by atoms with Crippen LogP contribution in [-0.2, 0) is 0 Å². The Morgan fingerprint density at radius 2 is 2.25 bits per heavy atom. The fourth-order valence-corrected chi connectivity index (χ4v) is 2.30. The van der Waals surface area contributed by atoms with Crippen LogP contribution in [0.5, 0.6) is 0 Å². The number of nitrogens with one attached hydrogen (secondary N) is 1. The van der Waals surface area contributed by atoms with Gasteiger partial charge < -0.3 is 10.2 Å². The minimum atomic E-state index is -0.151. The number of hydrogen-bond acceptors (Lipinski definition) is 2. The molecule has 0 bridgehead atoms. The Kier molecular flexibility index (Phi) is 3.44. The molecule has 1 unspecified atom stereocenters. The topological polar surface area (TPSA) is 15.3 Å². The Morgan fingerprint density at radius 3 is 3.00 bits per heavy atom. The first-order chi connectivity index (χ1) is 7.66. The van der Waals surface area contributed by atoms with Crippen LogP contribution >= 0.6 is 0 Å². The molecular formula is C13H19FN2. The summed E-state index contributed by atoms with van der Waals surface area (Å²) in [4.78, 5) is 2.35. The van der Waals surface area contributed by atoms with Crippen molar-refractivity contribution in [2.45, 2.75) is 26.3 Å². The second-order valence-electron chi connectivity index (χ2n) is 4.59.